The lowest BCUT2D eigenvalue weighted by Gasteiger charge is -2.34. The van der Waals surface area contributed by atoms with E-state index in [0.29, 0.717) is 11.5 Å². The molecule has 2 heteroatoms. The molecule has 0 atom stereocenters. The predicted octanol–water partition coefficient (Wildman–Crippen LogP) is 2.13. The molecule has 0 rings (SSSR count). The number of hydrogen-bond donors (Lipinski definition) is 1. The van der Waals surface area contributed by atoms with Crippen molar-refractivity contribution in [3.05, 3.63) is 12.7 Å². The summed E-state index contributed by atoms with van der Waals surface area (Å²) < 4.78 is 0. The van der Waals surface area contributed by atoms with Gasteiger partial charge in [0.2, 0.25) is 0 Å². The number of rotatable bonds is 7. The van der Waals surface area contributed by atoms with Crippen molar-refractivity contribution >= 4 is 0 Å². The molecule has 0 bridgehead atoms. The maximum Gasteiger partial charge on any atom is 0.0163 e. The molecule has 0 aliphatic heterocycles. The van der Waals surface area contributed by atoms with Crippen LogP contribution in [0.2, 0.25) is 0 Å². The molecule has 84 valence electrons. The third-order valence-corrected chi connectivity index (χ3v) is 2.38. The van der Waals surface area contributed by atoms with Gasteiger partial charge >= 0.3 is 0 Å². The molecular formula is C12H26N2. The molecule has 0 unspecified atom stereocenters. The molecule has 0 aliphatic carbocycles. The molecule has 0 aliphatic rings. The molecule has 0 saturated carbocycles. The second-order valence-electron chi connectivity index (χ2n) is 5.01. The SMILES string of the molecule is C=CCN(CC(C)(C)CNC)C(C)C. The van der Waals surface area contributed by atoms with E-state index in [-0.39, 0.29) is 0 Å². The number of hydrogen-bond acceptors (Lipinski definition) is 2. The summed E-state index contributed by atoms with van der Waals surface area (Å²) in [5, 5.41) is 3.24. The van der Waals surface area contributed by atoms with Crippen LogP contribution in [0.15, 0.2) is 12.7 Å². The van der Waals surface area contributed by atoms with E-state index in [1.54, 1.807) is 0 Å². The monoisotopic (exact) mass is 198 g/mol. The Balaban J connectivity index is 4.19. The smallest absolute Gasteiger partial charge is 0.0163 e. The maximum absolute atomic E-state index is 3.80. The van der Waals surface area contributed by atoms with E-state index in [9.17, 15) is 0 Å². The Morgan fingerprint density at radius 2 is 2.00 bits per heavy atom. The first-order valence-electron chi connectivity index (χ1n) is 5.42. The zero-order valence-corrected chi connectivity index (χ0v) is 10.4. The van der Waals surface area contributed by atoms with Crippen LogP contribution in [0, 0.1) is 5.41 Å². The molecule has 0 spiro atoms. The molecular weight excluding hydrogens is 172 g/mol. The van der Waals surface area contributed by atoms with Crippen molar-refractivity contribution in [1.82, 2.24) is 10.2 Å². The minimum Gasteiger partial charge on any atom is -0.319 e. The lowest BCUT2D eigenvalue weighted by molar-refractivity contribution is 0.158. The van der Waals surface area contributed by atoms with Crippen molar-refractivity contribution in [3.63, 3.8) is 0 Å². The van der Waals surface area contributed by atoms with Gasteiger partial charge in [-0.1, -0.05) is 19.9 Å². The summed E-state index contributed by atoms with van der Waals surface area (Å²) in [5.41, 5.74) is 0.321. The van der Waals surface area contributed by atoms with Crippen LogP contribution in [-0.2, 0) is 0 Å². The van der Waals surface area contributed by atoms with Crippen molar-refractivity contribution in [2.75, 3.05) is 26.7 Å². The third-order valence-electron chi connectivity index (χ3n) is 2.38. The minimum absolute atomic E-state index is 0.321. The van der Waals surface area contributed by atoms with Crippen LogP contribution >= 0.6 is 0 Å². The quantitative estimate of drug-likeness (QED) is 0.630. The van der Waals surface area contributed by atoms with Gasteiger partial charge in [-0.2, -0.15) is 0 Å². The van der Waals surface area contributed by atoms with E-state index in [2.05, 4.69) is 44.5 Å². The second kappa shape index (κ2) is 6.20. The Labute approximate surface area is 89.4 Å². The maximum atomic E-state index is 3.80. The summed E-state index contributed by atoms with van der Waals surface area (Å²) in [6.45, 7) is 16.0. The van der Waals surface area contributed by atoms with Crippen LogP contribution in [0.1, 0.15) is 27.7 Å². The first kappa shape index (κ1) is 13.7. The third kappa shape index (κ3) is 5.40. The predicted molar refractivity (Wildman–Crippen MR) is 64.6 cm³/mol. The summed E-state index contributed by atoms with van der Waals surface area (Å²) in [4.78, 5) is 2.45. The summed E-state index contributed by atoms with van der Waals surface area (Å²) in [6.07, 6.45) is 1.98. The molecule has 2 nitrogen and oxygen atoms in total. The fraction of sp³-hybridized carbons (Fsp3) is 0.833. The average Bonchev–Trinajstić information content (AvgIpc) is 2.02. The van der Waals surface area contributed by atoms with Gasteiger partial charge in [0.1, 0.15) is 0 Å². The Morgan fingerprint density at radius 3 is 2.36 bits per heavy atom. The van der Waals surface area contributed by atoms with Crippen molar-refractivity contribution < 1.29 is 0 Å². The lowest BCUT2D eigenvalue weighted by atomic mass is 9.92. The van der Waals surface area contributed by atoms with Crippen LogP contribution in [0.5, 0.6) is 0 Å². The van der Waals surface area contributed by atoms with Crippen molar-refractivity contribution in [3.8, 4) is 0 Å². The second-order valence-corrected chi connectivity index (χ2v) is 5.01. The molecule has 0 aromatic heterocycles. The molecule has 0 amide bonds. The normalized spacial score (nSPS) is 12.5. The highest BCUT2D eigenvalue weighted by Crippen LogP contribution is 2.17. The minimum atomic E-state index is 0.321. The van der Waals surface area contributed by atoms with Gasteiger partial charge in [0.15, 0.2) is 0 Å². The molecule has 0 heterocycles. The van der Waals surface area contributed by atoms with E-state index < -0.39 is 0 Å². The Kier molecular flexibility index (Phi) is 6.05. The standard InChI is InChI=1S/C12H26N2/c1-7-8-14(11(2)3)10-12(4,5)9-13-6/h7,11,13H,1,8-10H2,2-6H3. The van der Waals surface area contributed by atoms with Crippen molar-refractivity contribution in [1.29, 1.82) is 0 Å². The average molecular weight is 198 g/mol. The summed E-state index contributed by atoms with van der Waals surface area (Å²) in [7, 11) is 2.01. The van der Waals surface area contributed by atoms with Gasteiger partial charge in [-0.05, 0) is 26.3 Å². The van der Waals surface area contributed by atoms with Crippen LogP contribution in [0.3, 0.4) is 0 Å². The molecule has 14 heavy (non-hydrogen) atoms. The van der Waals surface area contributed by atoms with E-state index in [0.717, 1.165) is 19.6 Å². The van der Waals surface area contributed by atoms with Gasteiger partial charge in [0, 0.05) is 25.7 Å². The highest BCUT2D eigenvalue weighted by atomic mass is 15.1. The molecule has 0 fully saturated rings. The summed E-state index contributed by atoms with van der Waals surface area (Å²) in [5.74, 6) is 0. The molecule has 1 N–H and O–H groups in total. The fourth-order valence-electron chi connectivity index (χ4n) is 1.71. The zero-order valence-electron chi connectivity index (χ0n) is 10.4. The van der Waals surface area contributed by atoms with Gasteiger partial charge in [-0.3, -0.25) is 4.90 Å². The lowest BCUT2D eigenvalue weighted by Crippen LogP contribution is -2.42. The van der Waals surface area contributed by atoms with E-state index in [4.69, 9.17) is 0 Å². The van der Waals surface area contributed by atoms with Crippen LogP contribution in [-0.4, -0.2) is 37.6 Å². The summed E-state index contributed by atoms with van der Waals surface area (Å²) in [6, 6.07) is 0.587. The topological polar surface area (TPSA) is 15.3 Å². The van der Waals surface area contributed by atoms with Crippen LogP contribution < -0.4 is 5.32 Å². The van der Waals surface area contributed by atoms with Crippen LogP contribution in [0.25, 0.3) is 0 Å². The molecule has 0 aromatic carbocycles. The Morgan fingerprint density at radius 1 is 1.43 bits per heavy atom. The Hall–Kier alpha value is -0.340. The molecule has 0 radical (unpaired) electrons. The molecule has 0 saturated heterocycles. The Bertz CT molecular complexity index is 162. The van der Waals surface area contributed by atoms with E-state index in [1.807, 2.05) is 13.1 Å². The fourth-order valence-corrected chi connectivity index (χ4v) is 1.71. The zero-order chi connectivity index (χ0) is 11.2. The van der Waals surface area contributed by atoms with Gasteiger partial charge in [-0.25, -0.2) is 0 Å². The summed E-state index contributed by atoms with van der Waals surface area (Å²) >= 11 is 0. The van der Waals surface area contributed by atoms with Crippen molar-refractivity contribution in [2.24, 2.45) is 5.41 Å². The van der Waals surface area contributed by atoms with E-state index >= 15 is 0 Å². The largest absolute Gasteiger partial charge is 0.319 e. The van der Waals surface area contributed by atoms with Gasteiger partial charge in [-0.15, -0.1) is 6.58 Å². The highest BCUT2D eigenvalue weighted by Gasteiger charge is 2.21. The van der Waals surface area contributed by atoms with Crippen LogP contribution in [0.4, 0.5) is 0 Å². The van der Waals surface area contributed by atoms with Gasteiger partial charge < -0.3 is 5.32 Å². The highest BCUT2D eigenvalue weighted by molar-refractivity contribution is 4.82. The van der Waals surface area contributed by atoms with Gasteiger partial charge in [0.25, 0.3) is 0 Å². The molecule has 0 aromatic rings. The number of nitrogens with zero attached hydrogens (tertiary/aromatic N) is 1. The number of nitrogens with one attached hydrogen (secondary N) is 1. The van der Waals surface area contributed by atoms with E-state index in [1.165, 1.54) is 0 Å². The first-order valence-corrected chi connectivity index (χ1v) is 5.42. The van der Waals surface area contributed by atoms with Gasteiger partial charge in [0.05, 0.1) is 0 Å². The van der Waals surface area contributed by atoms with Crippen molar-refractivity contribution in [2.45, 2.75) is 33.7 Å². The first-order chi connectivity index (χ1) is 6.43.